The highest BCUT2D eigenvalue weighted by molar-refractivity contribution is 5.94. The van der Waals surface area contributed by atoms with Gasteiger partial charge in [-0.3, -0.25) is 0 Å². The first-order chi connectivity index (χ1) is 18.7. The highest BCUT2D eigenvalue weighted by Crippen LogP contribution is 2.36. The van der Waals surface area contributed by atoms with E-state index in [1.54, 1.807) is 20.5 Å². The van der Waals surface area contributed by atoms with Gasteiger partial charge in [-0.15, -0.1) is 0 Å². The van der Waals surface area contributed by atoms with Crippen molar-refractivity contribution >= 4 is 28.6 Å². The molecule has 0 radical (unpaired) electrons. The largest absolute Gasteiger partial charge is 0.493 e. The number of benzene rings is 1. The van der Waals surface area contributed by atoms with Crippen molar-refractivity contribution in [3.8, 4) is 11.5 Å². The predicted octanol–water partition coefficient (Wildman–Crippen LogP) is 2.02. The molecule has 0 spiro atoms. The molecule has 5 heterocycles. The van der Waals surface area contributed by atoms with Crippen molar-refractivity contribution in [1.29, 1.82) is 0 Å². The summed E-state index contributed by atoms with van der Waals surface area (Å²) in [5.74, 6) is 3.98. The molecule has 11 heteroatoms. The smallest absolute Gasteiger partial charge is 0.228 e. The summed E-state index contributed by atoms with van der Waals surface area (Å²) in [7, 11) is 5.39. The fraction of sp³-hybridized carbons (Fsp3) is 0.556. The molecule has 2 fully saturated rings. The Kier molecular flexibility index (Phi) is 7.03. The molecular weight excluding hydrogens is 484 g/mol. The molecule has 0 amide bonds. The first kappa shape index (κ1) is 24.9. The van der Waals surface area contributed by atoms with E-state index in [0.29, 0.717) is 25.8 Å². The Labute approximate surface area is 223 Å². The van der Waals surface area contributed by atoms with E-state index >= 15 is 0 Å². The van der Waals surface area contributed by atoms with E-state index in [1.165, 1.54) is 11.1 Å². The van der Waals surface area contributed by atoms with Gasteiger partial charge >= 0.3 is 0 Å². The first-order valence-corrected chi connectivity index (χ1v) is 13.4. The number of methoxy groups -OCH3 is 2. The zero-order valence-corrected chi connectivity index (χ0v) is 22.4. The Morgan fingerprint density at radius 2 is 1.55 bits per heavy atom. The van der Waals surface area contributed by atoms with E-state index in [0.717, 1.165) is 92.1 Å². The topological polar surface area (TPSA) is 101 Å². The van der Waals surface area contributed by atoms with Gasteiger partial charge in [-0.05, 0) is 49.6 Å². The van der Waals surface area contributed by atoms with Crippen LogP contribution in [0.1, 0.15) is 24.0 Å². The minimum Gasteiger partial charge on any atom is -0.493 e. The number of hydrogen-bond donors (Lipinski definition) is 1. The Bertz CT molecular complexity index is 1290. The predicted molar refractivity (Wildman–Crippen MR) is 147 cm³/mol. The van der Waals surface area contributed by atoms with Crippen molar-refractivity contribution in [2.75, 3.05) is 81.9 Å². The van der Waals surface area contributed by atoms with E-state index in [9.17, 15) is 0 Å². The molecule has 2 saturated heterocycles. The molecule has 1 N–H and O–H groups in total. The Balaban J connectivity index is 1.40. The molecular formula is C27H36N8O3. The third kappa shape index (κ3) is 4.64. The number of morpholine rings is 1. The number of hydrogen-bond acceptors (Lipinski definition) is 11. The highest BCUT2D eigenvalue weighted by atomic mass is 16.5. The molecule has 3 aliphatic rings. The van der Waals surface area contributed by atoms with Gasteiger partial charge in [-0.25, -0.2) is 15.0 Å². The van der Waals surface area contributed by atoms with E-state index in [2.05, 4.69) is 32.1 Å². The summed E-state index contributed by atoms with van der Waals surface area (Å²) in [5.41, 5.74) is 4.08. The zero-order valence-electron chi connectivity index (χ0n) is 22.4. The van der Waals surface area contributed by atoms with Crippen LogP contribution < -0.4 is 29.5 Å². The van der Waals surface area contributed by atoms with Gasteiger partial charge in [-0.2, -0.15) is 4.98 Å². The van der Waals surface area contributed by atoms with E-state index in [-0.39, 0.29) is 0 Å². The van der Waals surface area contributed by atoms with Gasteiger partial charge in [0.25, 0.3) is 0 Å². The summed E-state index contributed by atoms with van der Waals surface area (Å²) < 4.78 is 16.7. The highest BCUT2D eigenvalue weighted by Gasteiger charge is 2.28. The second kappa shape index (κ2) is 10.7. The molecule has 1 aromatic carbocycles. The third-order valence-electron chi connectivity index (χ3n) is 7.95. The molecule has 3 aliphatic heterocycles. The third-order valence-corrected chi connectivity index (χ3v) is 7.95. The maximum Gasteiger partial charge on any atom is 0.228 e. The minimum absolute atomic E-state index is 0.536. The summed E-state index contributed by atoms with van der Waals surface area (Å²) >= 11 is 0. The second-order valence-corrected chi connectivity index (χ2v) is 10.0. The van der Waals surface area contributed by atoms with Gasteiger partial charge in [0.1, 0.15) is 17.4 Å². The van der Waals surface area contributed by atoms with Gasteiger partial charge in [0.15, 0.2) is 23.1 Å². The number of piperidine rings is 1. The number of aromatic nitrogens is 4. The van der Waals surface area contributed by atoms with Gasteiger partial charge in [0.05, 0.1) is 27.4 Å². The van der Waals surface area contributed by atoms with Crippen molar-refractivity contribution in [2.24, 2.45) is 0 Å². The quantitative estimate of drug-likeness (QED) is 0.517. The maximum absolute atomic E-state index is 5.63. The summed E-state index contributed by atoms with van der Waals surface area (Å²) in [6.45, 7) is 6.30. The van der Waals surface area contributed by atoms with Gasteiger partial charge in [-0.1, -0.05) is 0 Å². The van der Waals surface area contributed by atoms with Crippen LogP contribution in [0.3, 0.4) is 0 Å². The van der Waals surface area contributed by atoms with Crippen LogP contribution in [0.2, 0.25) is 0 Å². The van der Waals surface area contributed by atoms with Crippen LogP contribution in [0.5, 0.6) is 11.5 Å². The molecule has 38 heavy (non-hydrogen) atoms. The number of ether oxygens (including phenoxy) is 3. The Morgan fingerprint density at radius 1 is 0.816 bits per heavy atom. The lowest BCUT2D eigenvalue weighted by Crippen LogP contribution is -2.42. The summed E-state index contributed by atoms with van der Waals surface area (Å²) in [6, 6.07) is 4.71. The van der Waals surface area contributed by atoms with E-state index in [1.807, 2.05) is 7.05 Å². The lowest BCUT2D eigenvalue weighted by Gasteiger charge is -2.34. The van der Waals surface area contributed by atoms with E-state index in [4.69, 9.17) is 34.1 Å². The van der Waals surface area contributed by atoms with Crippen molar-refractivity contribution in [2.45, 2.75) is 31.8 Å². The number of anilines is 3. The minimum atomic E-state index is 0.536. The van der Waals surface area contributed by atoms with Gasteiger partial charge in [0.2, 0.25) is 5.95 Å². The number of fused-ring (bicyclic) bond motifs is 2. The number of nitrogens with zero attached hydrogens (tertiary/aromatic N) is 7. The van der Waals surface area contributed by atoms with Crippen LogP contribution in [0, 0.1) is 0 Å². The summed E-state index contributed by atoms with van der Waals surface area (Å²) in [4.78, 5) is 26.6. The molecule has 6 rings (SSSR count). The van der Waals surface area contributed by atoms with Crippen LogP contribution in [0.4, 0.5) is 17.6 Å². The summed E-state index contributed by atoms with van der Waals surface area (Å²) in [5, 5.41) is 3.41. The SMILES string of the molecule is CNC1CCN(c2nc(N3CCOCC3)c3ncnc(N4CCc5cc(OC)c(OC)cc5C4)c3n2)CC1. The van der Waals surface area contributed by atoms with Crippen molar-refractivity contribution < 1.29 is 14.2 Å². The maximum atomic E-state index is 5.63. The number of nitrogens with one attached hydrogen (secondary N) is 1. The molecule has 202 valence electrons. The van der Waals surface area contributed by atoms with Crippen molar-refractivity contribution in [3.63, 3.8) is 0 Å². The van der Waals surface area contributed by atoms with Crippen LogP contribution >= 0.6 is 0 Å². The monoisotopic (exact) mass is 520 g/mol. The van der Waals surface area contributed by atoms with Gasteiger partial charge in [0, 0.05) is 45.3 Å². The summed E-state index contributed by atoms with van der Waals surface area (Å²) in [6.07, 6.45) is 4.66. The average molecular weight is 521 g/mol. The van der Waals surface area contributed by atoms with Crippen LogP contribution in [-0.4, -0.2) is 93.2 Å². The molecule has 0 aliphatic carbocycles. The molecule has 11 nitrogen and oxygen atoms in total. The molecule has 2 aromatic heterocycles. The lowest BCUT2D eigenvalue weighted by molar-refractivity contribution is 0.122. The Hall–Kier alpha value is -3.44. The van der Waals surface area contributed by atoms with Gasteiger partial charge < -0.3 is 34.2 Å². The standard InChI is InChI=1S/C27H36N8O3/c1-28-20-5-8-34(9-6-20)27-31-24-23(26(32-27)33-10-12-38-13-11-33)29-17-30-25(24)35-7-4-18-14-21(36-2)22(37-3)15-19(18)16-35/h14-15,17,20,28H,4-13,16H2,1-3H3. The fourth-order valence-corrected chi connectivity index (χ4v) is 5.71. The Morgan fingerprint density at radius 3 is 2.26 bits per heavy atom. The molecule has 0 bridgehead atoms. The van der Waals surface area contributed by atoms with Crippen molar-refractivity contribution in [1.82, 2.24) is 25.3 Å². The van der Waals surface area contributed by atoms with Crippen LogP contribution in [0.15, 0.2) is 18.5 Å². The van der Waals surface area contributed by atoms with E-state index < -0.39 is 0 Å². The normalized spacial score (nSPS) is 18.6. The lowest BCUT2D eigenvalue weighted by atomic mass is 9.98. The number of rotatable bonds is 6. The second-order valence-electron chi connectivity index (χ2n) is 10.0. The first-order valence-electron chi connectivity index (χ1n) is 13.4. The molecule has 0 atom stereocenters. The molecule has 3 aromatic rings. The molecule has 0 saturated carbocycles. The van der Waals surface area contributed by atoms with Crippen LogP contribution in [0.25, 0.3) is 11.0 Å². The van der Waals surface area contributed by atoms with Crippen LogP contribution in [-0.2, 0) is 17.7 Å². The zero-order chi connectivity index (χ0) is 26.1. The average Bonchev–Trinajstić information content (AvgIpc) is 2.99. The molecule has 0 unspecified atom stereocenters. The van der Waals surface area contributed by atoms with Crippen molar-refractivity contribution in [3.05, 3.63) is 29.6 Å². The fourth-order valence-electron chi connectivity index (χ4n) is 5.71.